The SMILES string of the molecule is CC1(CNCC(O)COc2ccccc2Cl)CCOCC1. The molecule has 4 nitrogen and oxygen atoms in total. The molecule has 1 fully saturated rings. The van der Waals surface area contributed by atoms with Crippen molar-refractivity contribution in [2.45, 2.75) is 25.9 Å². The highest BCUT2D eigenvalue weighted by atomic mass is 35.5. The van der Waals surface area contributed by atoms with Gasteiger partial charge in [0.1, 0.15) is 18.5 Å². The fourth-order valence-corrected chi connectivity index (χ4v) is 2.58. The molecule has 0 bridgehead atoms. The fourth-order valence-electron chi connectivity index (χ4n) is 2.39. The minimum Gasteiger partial charge on any atom is -0.489 e. The summed E-state index contributed by atoms with van der Waals surface area (Å²) >= 11 is 6.00. The molecule has 0 aromatic heterocycles. The lowest BCUT2D eigenvalue weighted by atomic mass is 9.82. The van der Waals surface area contributed by atoms with Crippen molar-refractivity contribution < 1.29 is 14.6 Å². The number of nitrogens with one attached hydrogen (secondary N) is 1. The quantitative estimate of drug-likeness (QED) is 0.812. The average molecular weight is 314 g/mol. The fraction of sp³-hybridized carbons (Fsp3) is 0.625. The van der Waals surface area contributed by atoms with E-state index in [-0.39, 0.29) is 12.0 Å². The summed E-state index contributed by atoms with van der Waals surface area (Å²) in [6, 6.07) is 7.28. The molecule has 1 atom stereocenters. The Balaban J connectivity index is 1.65. The van der Waals surface area contributed by atoms with Crippen molar-refractivity contribution in [3.05, 3.63) is 29.3 Å². The molecule has 1 unspecified atom stereocenters. The Morgan fingerprint density at radius 2 is 2.10 bits per heavy atom. The van der Waals surface area contributed by atoms with Gasteiger partial charge < -0.3 is 19.9 Å². The molecule has 1 aromatic rings. The highest BCUT2D eigenvalue weighted by Crippen LogP contribution is 2.28. The summed E-state index contributed by atoms with van der Waals surface area (Å²) < 4.78 is 10.9. The van der Waals surface area contributed by atoms with Crippen molar-refractivity contribution in [1.29, 1.82) is 0 Å². The molecule has 2 rings (SSSR count). The molecule has 5 heteroatoms. The van der Waals surface area contributed by atoms with Crippen molar-refractivity contribution in [3.8, 4) is 5.75 Å². The van der Waals surface area contributed by atoms with Gasteiger partial charge in [-0.1, -0.05) is 30.7 Å². The van der Waals surface area contributed by atoms with Crippen LogP contribution in [0.2, 0.25) is 5.02 Å². The molecule has 0 radical (unpaired) electrons. The molecule has 0 amide bonds. The Kier molecular flexibility index (Phi) is 6.30. The second-order valence-corrected chi connectivity index (χ2v) is 6.36. The first-order chi connectivity index (χ1) is 10.1. The lowest BCUT2D eigenvalue weighted by Gasteiger charge is -2.34. The van der Waals surface area contributed by atoms with Crippen LogP contribution in [0.15, 0.2) is 24.3 Å². The molecule has 1 aliphatic rings. The number of halogens is 1. The molecular formula is C16H24ClNO3. The Morgan fingerprint density at radius 3 is 2.81 bits per heavy atom. The second-order valence-electron chi connectivity index (χ2n) is 5.95. The summed E-state index contributed by atoms with van der Waals surface area (Å²) in [5.41, 5.74) is 0.265. The van der Waals surface area contributed by atoms with Gasteiger partial charge in [-0.3, -0.25) is 0 Å². The van der Waals surface area contributed by atoms with E-state index in [4.69, 9.17) is 21.1 Å². The first-order valence-corrected chi connectivity index (χ1v) is 7.81. The molecular weight excluding hydrogens is 290 g/mol. The summed E-state index contributed by atoms with van der Waals surface area (Å²) in [5, 5.41) is 13.8. The third-order valence-electron chi connectivity index (χ3n) is 3.90. The molecule has 1 saturated heterocycles. The predicted octanol–water partition coefficient (Wildman–Crippen LogP) is 2.49. The van der Waals surface area contributed by atoms with Crippen molar-refractivity contribution in [1.82, 2.24) is 5.32 Å². The average Bonchev–Trinajstić information content (AvgIpc) is 2.47. The molecule has 1 heterocycles. The number of aliphatic hydroxyl groups is 1. The van der Waals surface area contributed by atoms with Crippen LogP contribution in [0, 0.1) is 5.41 Å². The van der Waals surface area contributed by atoms with Crippen LogP contribution in [0.3, 0.4) is 0 Å². The third kappa shape index (κ3) is 5.47. The minimum atomic E-state index is -0.551. The maximum Gasteiger partial charge on any atom is 0.138 e. The van der Waals surface area contributed by atoms with Crippen LogP contribution in [0.4, 0.5) is 0 Å². The molecule has 0 aliphatic carbocycles. The number of rotatable bonds is 7. The standard InChI is InChI=1S/C16H24ClNO3/c1-16(6-8-20-9-7-16)12-18-10-13(19)11-21-15-5-3-2-4-14(15)17/h2-5,13,18-19H,6-12H2,1H3. The highest BCUT2D eigenvalue weighted by Gasteiger charge is 2.26. The zero-order chi connectivity index (χ0) is 15.1. The number of ether oxygens (including phenoxy) is 2. The number of hydrogen-bond acceptors (Lipinski definition) is 4. The van der Waals surface area contributed by atoms with Crippen molar-refractivity contribution in [2.75, 3.05) is 32.9 Å². The van der Waals surface area contributed by atoms with Gasteiger partial charge >= 0.3 is 0 Å². The van der Waals surface area contributed by atoms with E-state index >= 15 is 0 Å². The second kappa shape index (κ2) is 7.99. The molecule has 21 heavy (non-hydrogen) atoms. The lowest BCUT2D eigenvalue weighted by Crippen LogP contribution is -2.40. The maximum atomic E-state index is 9.96. The molecule has 1 aliphatic heterocycles. The Labute approximate surface area is 131 Å². The van der Waals surface area contributed by atoms with Crippen molar-refractivity contribution in [2.24, 2.45) is 5.41 Å². The van der Waals surface area contributed by atoms with Crippen LogP contribution in [-0.4, -0.2) is 44.1 Å². The molecule has 0 saturated carbocycles. The number of hydrogen-bond donors (Lipinski definition) is 2. The van der Waals surface area contributed by atoms with E-state index < -0.39 is 6.10 Å². The summed E-state index contributed by atoms with van der Waals surface area (Å²) in [6.07, 6.45) is 1.57. The van der Waals surface area contributed by atoms with Gasteiger partial charge in [-0.15, -0.1) is 0 Å². The van der Waals surface area contributed by atoms with E-state index in [1.54, 1.807) is 12.1 Å². The minimum absolute atomic E-state index is 0.233. The summed E-state index contributed by atoms with van der Waals surface area (Å²) in [5.74, 6) is 0.606. The number of aliphatic hydroxyl groups excluding tert-OH is 1. The number of benzene rings is 1. The van der Waals surface area contributed by atoms with Crippen LogP contribution in [0.25, 0.3) is 0 Å². The van der Waals surface area contributed by atoms with E-state index in [0.717, 1.165) is 32.6 Å². The van der Waals surface area contributed by atoms with Gasteiger partial charge in [-0.25, -0.2) is 0 Å². The van der Waals surface area contributed by atoms with Crippen molar-refractivity contribution >= 4 is 11.6 Å². The largest absolute Gasteiger partial charge is 0.489 e. The third-order valence-corrected chi connectivity index (χ3v) is 4.21. The maximum absolute atomic E-state index is 9.96. The van der Waals surface area contributed by atoms with Gasteiger partial charge in [0, 0.05) is 26.3 Å². The smallest absolute Gasteiger partial charge is 0.138 e. The molecule has 1 aromatic carbocycles. The van der Waals surface area contributed by atoms with E-state index in [1.165, 1.54) is 0 Å². The Morgan fingerprint density at radius 1 is 1.38 bits per heavy atom. The molecule has 118 valence electrons. The van der Waals surface area contributed by atoms with E-state index in [9.17, 15) is 5.11 Å². The monoisotopic (exact) mass is 313 g/mol. The Hall–Kier alpha value is -0.810. The van der Waals surface area contributed by atoms with Gasteiger partial charge in [0.05, 0.1) is 5.02 Å². The van der Waals surface area contributed by atoms with E-state index in [0.29, 0.717) is 17.3 Å². The number of para-hydroxylation sites is 1. The normalized spacial score (nSPS) is 19.2. The van der Waals surface area contributed by atoms with Gasteiger partial charge in [0.25, 0.3) is 0 Å². The van der Waals surface area contributed by atoms with E-state index in [1.807, 2.05) is 12.1 Å². The first-order valence-electron chi connectivity index (χ1n) is 7.43. The van der Waals surface area contributed by atoms with Gasteiger partial charge in [0.15, 0.2) is 0 Å². The van der Waals surface area contributed by atoms with Gasteiger partial charge in [-0.2, -0.15) is 0 Å². The lowest BCUT2D eigenvalue weighted by molar-refractivity contribution is 0.0217. The summed E-state index contributed by atoms with van der Waals surface area (Å²) in [4.78, 5) is 0. The predicted molar refractivity (Wildman–Crippen MR) is 84.0 cm³/mol. The summed E-state index contributed by atoms with van der Waals surface area (Å²) in [7, 11) is 0. The van der Waals surface area contributed by atoms with Crippen molar-refractivity contribution in [3.63, 3.8) is 0 Å². The zero-order valence-electron chi connectivity index (χ0n) is 12.5. The zero-order valence-corrected chi connectivity index (χ0v) is 13.2. The van der Waals surface area contributed by atoms with Crippen LogP contribution < -0.4 is 10.1 Å². The highest BCUT2D eigenvalue weighted by molar-refractivity contribution is 6.32. The van der Waals surface area contributed by atoms with Gasteiger partial charge in [0.2, 0.25) is 0 Å². The van der Waals surface area contributed by atoms with Gasteiger partial charge in [-0.05, 0) is 30.4 Å². The topological polar surface area (TPSA) is 50.7 Å². The summed E-state index contributed by atoms with van der Waals surface area (Å²) in [6.45, 7) is 5.55. The van der Waals surface area contributed by atoms with Crippen LogP contribution in [0.5, 0.6) is 5.75 Å². The van der Waals surface area contributed by atoms with E-state index in [2.05, 4.69) is 12.2 Å². The molecule has 0 spiro atoms. The molecule has 2 N–H and O–H groups in total. The van der Waals surface area contributed by atoms with Crippen LogP contribution in [-0.2, 0) is 4.74 Å². The van der Waals surface area contributed by atoms with Crippen LogP contribution >= 0.6 is 11.6 Å². The van der Waals surface area contributed by atoms with Crippen LogP contribution in [0.1, 0.15) is 19.8 Å². The first kappa shape index (κ1) is 16.6. The Bertz CT molecular complexity index is 435.